The maximum absolute atomic E-state index is 10.6. The number of aliphatic carboxylic acids is 1. The van der Waals surface area contributed by atoms with E-state index in [-0.39, 0.29) is 6.42 Å². The first-order valence-electron chi connectivity index (χ1n) is 5.51. The number of thiazole rings is 1. The van der Waals surface area contributed by atoms with Gasteiger partial charge in [-0.25, -0.2) is 9.97 Å². The number of carboxylic acid groups (broad SMARTS) is 1. The highest BCUT2D eigenvalue weighted by molar-refractivity contribution is 8.00. The number of nitrogens with zero attached hydrogens (tertiary/aromatic N) is 3. The summed E-state index contributed by atoms with van der Waals surface area (Å²) in [6.45, 7) is 0. The second-order valence-electron chi connectivity index (χ2n) is 3.72. The molecule has 6 nitrogen and oxygen atoms in total. The Morgan fingerprint density at radius 2 is 2.30 bits per heavy atom. The molecule has 0 bridgehead atoms. The van der Waals surface area contributed by atoms with Gasteiger partial charge < -0.3 is 5.11 Å². The molecule has 0 aromatic carbocycles. The van der Waals surface area contributed by atoms with Gasteiger partial charge in [-0.3, -0.25) is 9.89 Å². The van der Waals surface area contributed by atoms with Gasteiger partial charge in [-0.1, -0.05) is 6.07 Å². The fraction of sp³-hybridized carbons (Fsp3) is 0.0909. The van der Waals surface area contributed by atoms with E-state index in [0.717, 1.165) is 15.0 Å². The molecule has 0 spiro atoms. The number of nitrogens with one attached hydrogen (secondary N) is 1. The van der Waals surface area contributed by atoms with Gasteiger partial charge in [-0.2, -0.15) is 0 Å². The molecule has 9 heteroatoms. The van der Waals surface area contributed by atoms with E-state index in [4.69, 9.17) is 5.11 Å². The number of thiophene rings is 1. The predicted octanol–water partition coefficient (Wildman–Crippen LogP) is 2.77. The zero-order valence-electron chi connectivity index (χ0n) is 9.94. The van der Waals surface area contributed by atoms with Crippen LogP contribution in [0.2, 0.25) is 0 Å². The van der Waals surface area contributed by atoms with Crippen molar-refractivity contribution in [3.63, 3.8) is 0 Å². The van der Waals surface area contributed by atoms with E-state index in [1.54, 1.807) is 16.7 Å². The van der Waals surface area contributed by atoms with E-state index >= 15 is 0 Å². The lowest BCUT2D eigenvalue weighted by Gasteiger charge is -1.89. The van der Waals surface area contributed by atoms with Crippen LogP contribution in [0.1, 0.15) is 5.69 Å². The lowest BCUT2D eigenvalue weighted by Crippen LogP contribution is -1.99. The highest BCUT2D eigenvalue weighted by Gasteiger charge is 2.11. The molecule has 0 saturated carbocycles. The van der Waals surface area contributed by atoms with Gasteiger partial charge in [0.05, 0.1) is 17.0 Å². The fourth-order valence-corrected chi connectivity index (χ4v) is 3.78. The van der Waals surface area contributed by atoms with Gasteiger partial charge in [-0.15, -0.1) is 27.8 Å². The number of aromatic amines is 1. The number of hydrogen-bond acceptors (Lipinski definition) is 7. The fourth-order valence-electron chi connectivity index (χ4n) is 1.47. The Kier molecular flexibility index (Phi) is 3.81. The van der Waals surface area contributed by atoms with Crippen LogP contribution in [-0.2, 0) is 11.2 Å². The van der Waals surface area contributed by atoms with E-state index in [1.165, 1.54) is 23.1 Å². The van der Waals surface area contributed by atoms with Crippen LogP contribution in [0.15, 0.2) is 32.4 Å². The number of H-pyrrole nitrogens is 1. The third-order valence-electron chi connectivity index (χ3n) is 2.26. The Morgan fingerprint density at radius 3 is 3.05 bits per heavy atom. The van der Waals surface area contributed by atoms with Crippen LogP contribution in [0.3, 0.4) is 0 Å². The summed E-state index contributed by atoms with van der Waals surface area (Å²) in [5.74, 6) is -0.158. The largest absolute Gasteiger partial charge is 0.481 e. The zero-order chi connectivity index (χ0) is 13.9. The normalized spacial score (nSPS) is 10.8. The molecule has 3 heterocycles. The van der Waals surface area contributed by atoms with Gasteiger partial charge in [0, 0.05) is 5.38 Å². The number of aromatic nitrogens is 4. The van der Waals surface area contributed by atoms with Crippen LogP contribution in [-0.4, -0.2) is 31.2 Å². The van der Waals surface area contributed by atoms with Crippen molar-refractivity contribution in [3.05, 3.63) is 28.6 Å². The summed E-state index contributed by atoms with van der Waals surface area (Å²) < 4.78 is 0.734. The molecule has 102 valence electrons. The van der Waals surface area contributed by atoms with Crippen LogP contribution >= 0.6 is 34.4 Å². The van der Waals surface area contributed by atoms with Gasteiger partial charge >= 0.3 is 5.97 Å². The molecule has 3 rings (SSSR count). The van der Waals surface area contributed by atoms with Gasteiger partial charge in [0.15, 0.2) is 10.2 Å². The van der Waals surface area contributed by atoms with Crippen molar-refractivity contribution in [1.29, 1.82) is 0 Å². The molecule has 3 aromatic rings. The molecule has 0 aliphatic rings. The molecular formula is C11H8N4O2S3. The smallest absolute Gasteiger partial charge is 0.309 e. The van der Waals surface area contributed by atoms with Crippen LogP contribution in [0.4, 0.5) is 0 Å². The first-order valence-corrected chi connectivity index (χ1v) is 8.08. The predicted molar refractivity (Wildman–Crippen MR) is 77.3 cm³/mol. The van der Waals surface area contributed by atoms with Gasteiger partial charge in [0.25, 0.3) is 0 Å². The lowest BCUT2D eigenvalue weighted by atomic mass is 10.3. The minimum atomic E-state index is -0.885. The Bertz CT molecular complexity index is 720. The van der Waals surface area contributed by atoms with Crippen molar-refractivity contribution in [2.75, 3.05) is 0 Å². The van der Waals surface area contributed by atoms with Crippen molar-refractivity contribution in [1.82, 2.24) is 20.2 Å². The van der Waals surface area contributed by atoms with E-state index in [0.29, 0.717) is 10.9 Å². The van der Waals surface area contributed by atoms with E-state index in [9.17, 15) is 4.79 Å². The molecule has 2 N–H and O–H groups in total. The SMILES string of the molecule is O=C(O)Cc1csc(Sc2n[nH]c(-c3cccs3)n2)n1. The first kappa shape index (κ1) is 13.3. The number of carbonyl (C=O) groups is 1. The Morgan fingerprint density at radius 1 is 1.40 bits per heavy atom. The molecule has 0 unspecified atom stereocenters. The maximum atomic E-state index is 10.6. The van der Waals surface area contributed by atoms with Gasteiger partial charge in [0.1, 0.15) is 0 Å². The molecule has 20 heavy (non-hydrogen) atoms. The first-order chi connectivity index (χ1) is 9.70. The Labute approximate surface area is 125 Å². The monoisotopic (exact) mass is 324 g/mol. The molecule has 0 saturated heterocycles. The molecular weight excluding hydrogens is 316 g/mol. The summed E-state index contributed by atoms with van der Waals surface area (Å²) in [6, 6.07) is 3.92. The van der Waals surface area contributed by atoms with Crippen LogP contribution in [0.25, 0.3) is 10.7 Å². The van der Waals surface area contributed by atoms with E-state index in [1.807, 2.05) is 17.5 Å². The van der Waals surface area contributed by atoms with Crippen molar-refractivity contribution in [2.45, 2.75) is 15.9 Å². The van der Waals surface area contributed by atoms with E-state index in [2.05, 4.69) is 20.2 Å². The number of carboxylic acids is 1. The van der Waals surface area contributed by atoms with Crippen molar-refractivity contribution in [2.24, 2.45) is 0 Å². The topological polar surface area (TPSA) is 91.8 Å². The Hall–Kier alpha value is -1.71. The van der Waals surface area contributed by atoms with Crippen LogP contribution in [0.5, 0.6) is 0 Å². The summed E-state index contributed by atoms with van der Waals surface area (Å²) in [4.78, 5) is 20.2. The number of rotatable bonds is 5. The van der Waals surface area contributed by atoms with Crippen molar-refractivity contribution in [3.8, 4) is 10.7 Å². The van der Waals surface area contributed by atoms with Crippen molar-refractivity contribution >= 4 is 40.4 Å². The van der Waals surface area contributed by atoms with E-state index < -0.39 is 5.97 Å². The Balaban J connectivity index is 1.72. The highest BCUT2D eigenvalue weighted by Crippen LogP contribution is 2.30. The molecule has 3 aromatic heterocycles. The molecule has 0 fully saturated rings. The lowest BCUT2D eigenvalue weighted by molar-refractivity contribution is -0.136. The standard InChI is InChI=1S/C11H8N4O2S3/c16-8(17)4-6-5-19-11(12-6)20-10-13-9(14-15-10)7-2-1-3-18-7/h1-3,5H,4H2,(H,16,17)(H,13,14,15). The average molecular weight is 324 g/mol. The average Bonchev–Trinajstić information content (AvgIpc) is 3.09. The summed E-state index contributed by atoms with van der Waals surface area (Å²) in [5, 5.41) is 20.0. The van der Waals surface area contributed by atoms with Crippen LogP contribution in [0, 0.1) is 0 Å². The highest BCUT2D eigenvalue weighted by atomic mass is 32.2. The third kappa shape index (κ3) is 3.06. The molecule has 0 amide bonds. The van der Waals surface area contributed by atoms with Gasteiger partial charge in [0.2, 0.25) is 5.16 Å². The minimum absolute atomic E-state index is 0.0640. The zero-order valence-corrected chi connectivity index (χ0v) is 12.4. The molecule has 0 radical (unpaired) electrons. The quantitative estimate of drug-likeness (QED) is 0.750. The summed E-state index contributed by atoms with van der Waals surface area (Å²) in [5.41, 5.74) is 0.555. The maximum Gasteiger partial charge on any atom is 0.309 e. The molecule has 0 aliphatic carbocycles. The number of hydrogen-bond donors (Lipinski definition) is 2. The minimum Gasteiger partial charge on any atom is -0.481 e. The summed E-state index contributed by atoms with van der Waals surface area (Å²) >= 11 is 4.29. The van der Waals surface area contributed by atoms with Crippen molar-refractivity contribution < 1.29 is 9.90 Å². The second kappa shape index (κ2) is 5.73. The molecule has 0 aliphatic heterocycles. The second-order valence-corrected chi connectivity index (χ2v) is 6.74. The summed E-state index contributed by atoms with van der Waals surface area (Å²) in [6.07, 6.45) is -0.0640. The summed E-state index contributed by atoms with van der Waals surface area (Å²) in [7, 11) is 0. The third-order valence-corrected chi connectivity index (χ3v) is 4.99. The molecule has 0 atom stereocenters. The van der Waals surface area contributed by atoms with Gasteiger partial charge in [-0.05, 0) is 23.2 Å². The van der Waals surface area contributed by atoms with Crippen LogP contribution < -0.4 is 0 Å².